The fourth-order valence-corrected chi connectivity index (χ4v) is 1.63. The number of rotatable bonds is 5. The van der Waals surface area contributed by atoms with E-state index in [-0.39, 0.29) is 18.4 Å². The van der Waals surface area contributed by atoms with Gasteiger partial charge in [-0.25, -0.2) is 0 Å². The van der Waals surface area contributed by atoms with Crippen LogP contribution in [0.3, 0.4) is 0 Å². The minimum Gasteiger partial charge on any atom is -0.467 e. The van der Waals surface area contributed by atoms with E-state index in [1.807, 2.05) is 19.1 Å². The van der Waals surface area contributed by atoms with Gasteiger partial charge in [-0.1, -0.05) is 17.7 Å². The van der Waals surface area contributed by atoms with Crippen LogP contribution in [0.25, 0.3) is 0 Å². The van der Waals surface area contributed by atoms with Crippen LogP contribution in [0.4, 0.5) is 0 Å². The Kier molecular flexibility index (Phi) is 4.55. The zero-order valence-electron chi connectivity index (χ0n) is 11.2. The highest BCUT2D eigenvalue weighted by atomic mass is 16.3. The van der Waals surface area contributed by atoms with Gasteiger partial charge in [-0.2, -0.15) is 0 Å². The first-order chi connectivity index (χ1) is 9.65. The highest BCUT2D eigenvalue weighted by Gasteiger charge is 2.07. The van der Waals surface area contributed by atoms with Crippen LogP contribution in [-0.4, -0.2) is 18.4 Å². The van der Waals surface area contributed by atoms with Crippen molar-refractivity contribution in [3.05, 3.63) is 59.5 Å². The van der Waals surface area contributed by atoms with E-state index in [0.29, 0.717) is 17.9 Å². The van der Waals surface area contributed by atoms with E-state index in [0.717, 1.165) is 5.56 Å². The lowest BCUT2D eigenvalue weighted by atomic mass is 10.1. The molecule has 2 N–H and O–H groups in total. The van der Waals surface area contributed by atoms with Gasteiger partial charge in [-0.3, -0.25) is 9.59 Å². The van der Waals surface area contributed by atoms with Gasteiger partial charge in [0.1, 0.15) is 5.76 Å². The summed E-state index contributed by atoms with van der Waals surface area (Å²) < 4.78 is 5.09. The first kappa shape index (κ1) is 13.9. The number of carbonyl (C=O) groups is 2. The summed E-state index contributed by atoms with van der Waals surface area (Å²) in [7, 11) is 0. The summed E-state index contributed by atoms with van der Waals surface area (Å²) in [5, 5.41) is 5.22. The van der Waals surface area contributed by atoms with Crippen LogP contribution in [0.2, 0.25) is 0 Å². The monoisotopic (exact) mass is 272 g/mol. The fraction of sp³-hybridized carbons (Fsp3) is 0.200. The van der Waals surface area contributed by atoms with Crippen LogP contribution in [-0.2, 0) is 11.3 Å². The maximum atomic E-state index is 11.8. The SMILES string of the molecule is Cc1ccc(C(=O)NCC(=O)NCc2ccco2)cc1. The molecule has 20 heavy (non-hydrogen) atoms. The van der Waals surface area contributed by atoms with E-state index >= 15 is 0 Å². The van der Waals surface area contributed by atoms with Crippen molar-refractivity contribution >= 4 is 11.8 Å². The van der Waals surface area contributed by atoms with Crippen LogP contribution in [0.5, 0.6) is 0 Å². The molecule has 0 aliphatic carbocycles. The molecule has 0 radical (unpaired) electrons. The lowest BCUT2D eigenvalue weighted by molar-refractivity contribution is -0.120. The standard InChI is InChI=1S/C15H16N2O3/c1-11-4-6-12(7-5-11)15(19)17-10-14(18)16-9-13-3-2-8-20-13/h2-8H,9-10H2,1H3,(H,16,18)(H,17,19). The van der Waals surface area contributed by atoms with Crippen molar-refractivity contribution in [1.82, 2.24) is 10.6 Å². The maximum Gasteiger partial charge on any atom is 0.251 e. The Morgan fingerprint density at radius 3 is 2.50 bits per heavy atom. The zero-order chi connectivity index (χ0) is 14.4. The van der Waals surface area contributed by atoms with Gasteiger partial charge < -0.3 is 15.1 Å². The predicted octanol–water partition coefficient (Wildman–Crippen LogP) is 1.63. The highest BCUT2D eigenvalue weighted by Crippen LogP contribution is 2.02. The van der Waals surface area contributed by atoms with E-state index in [2.05, 4.69) is 10.6 Å². The van der Waals surface area contributed by atoms with Gasteiger partial charge in [0.05, 0.1) is 19.4 Å². The highest BCUT2D eigenvalue weighted by molar-refractivity contribution is 5.96. The molecule has 0 unspecified atom stereocenters. The summed E-state index contributed by atoms with van der Waals surface area (Å²) in [6, 6.07) is 10.7. The fourth-order valence-electron chi connectivity index (χ4n) is 1.63. The second-order valence-electron chi connectivity index (χ2n) is 4.40. The van der Waals surface area contributed by atoms with Crippen LogP contribution in [0.1, 0.15) is 21.7 Å². The van der Waals surface area contributed by atoms with Gasteiger partial charge in [0.2, 0.25) is 5.91 Å². The second kappa shape index (κ2) is 6.56. The Morgan fingerprint density at radius 2 is 1.85 bits per heavy atom. The molecule has 1 aromatic carbocycles. The number of furan rings is 1. The predicted molar refractivity (Wildman–Crippen MR) is 74.1 cm³/mol. The largest absolute Gasteiger partial charge is 0.467 e. The summed E-state index contributed by atoms with van der Waals surface area (Å²) in [6.45, 7) is 2.20. The molecule has 0 aliphatic rings. The summed E-state index contributed by atoms with van der Waals surface area (Å²) in [5.74, 6) is 0.142. The van der Waals surface area contributed by atoms with E-state index in [9.17, 15) is 9.59 Å². The number of hydrogen-bond acceptors (Lipinski definition) is 3. The van der Waals surface area contributed by atoms with Gasteiger partial charge in [0.25, 0.3) is 5.91 Å². The molecule has 0 fully saturated rings. The number of hydrogen-bond donors (Lipinski definition) is 2. The van der Waals surface area contributed by atoms with Gasteiger partial charge in [0.15, 0.2) is 0 Å². The van der Waals surface area contributed by atoms with Crippen LogP contribution < -0.4 is 10.6 Å². The quantitative estimate of drug-likeness (QED) is 0.869. The first-order valence-electron chi connectivity index (χ1n) is 6.29. The molecule has 0 atom stereocenters. The normalized spacial score (nSPS) is 10.1. The van der Waals surface area contributed by atoms with Crippen molar-refractivity contribution in [1.29, 1.82) is 0 Å². The summed E-state index contributed by atoms with van der Waals surface area (Å²) in [4.78, 5) is 23.3. The van der Waals surface area contributed by atoms with E-state index in [1.165, 1.54) is 0 Å². The number of aryl methyl sites for hydroxylation is 1. The molecule has 2 aromatic rings. The number of amides is 2. The molecule has 1 aromatic heterocycles. The molecular weight excluding hydrogens is 256 g/mol. The molecule has 0 aliphatic heterocycles. The van der Waals surface area contributed by atoms with Crippen molar-refractivity contribution in [2.24, 2.45) is 0 Å². The summed E-state index contributed by atoms with van der Waals surface area (Å²) in [5.41, 5.74) is 1.62. The average molecular weight is 272 g/mol. The molecule has 104 valence electrons. The Labute approximate surface area is 117 Å². The van der Waals surface area contributed by atoms with E-state index < -0.39 is 0 Å². The third-order valence-corrected chi connectivity index (χ3v) is 2.76. The molecule has 0 bridgehead atoms. The smallest absolute Gasteiger partial charge is 0.251 e. The van der Waals surface area contributed by atoms with Gasteiger partial charge in [-0.05, 0) is 31.2 Å². The van der Waals surface area contributed by atoms with Crippen LogP contribution >= 0.6 is 0 Å². The van der Waals surface area contributed by atoms with Crippen LogP contribution in [0.15, 0.2) is 47.1 Å². The lowest BCUT2D eigenvalue weighted by Crippen LogP contribution is -2.36. The molecule has 0 spiro atoms. The minimum absolute atomic E-state index is 0.0621. The molecule has 2 rings (SSSR count). The van der Waals surface area contributed by atoms with Crippen molar-refractivity contribution in [3.8, 4) is 0 Å². The first-order valence-corrected chi connectivity index (χ1v) is 6.29. The van der Waals surface area contributed by atoms with Crippen LogP contribution in [0, 0.1) is 6.92 Å². The molecule has 5 heteroatoms. The Hall–Kier alpha value is -2.56. The lowest BCUT2D eigenvalue weighted by Gasteiger charge is -2.06. The van der Waals surface area contributed by atoms with Gasteiger partial charge >= 0.3 is 0 Å². The third-order valence-electron chi connectivity index (χ3n) is 2.76. The molecule has 0 saturated heterocycles. The Bertz CT molecular complexity index is 574. The van der Waals surface area contributed by atoms with Gasteiger partial charge in [0, 0.05) is 5.56 Å². The summed E-state index contributed by atoms with van der Waals surface area (Å²) in [6.07, 6.45) is 1.54. The average Bonchev–Trinajstić information content (AvgIpc) is 2.96. The second-order valence-corrected chi connectivity index (χ2v) is 4.40. The number of carbonyl (C=O) groups excluding carboxylic acids is 2. The minimum atomic E-state index is -0.266. The number of nitrogens with one attached hydrogen (secondary N) is 2. The number of benzene rings is 1. The topological polar surface area (TPSA) is 71.3 Å². The van der Waals surface area contributed by atoms with Crippen molar-refractivity contribution < 1.29 is 14.0 Å². The van der Waals surface area contributed by atoms with Crippen molar-refractivity contribution in [2.45, 2.75) is 13.5 Å². The molecule has 2 amide bonds. The molecule has 1 heterocycles. The Morgan fingerprint density at radius 1 is 1.10 bits per heavy atom. The molecule has 5 nitrogen and oxygen atoms in total. The van der Waals surface area contributed by atoms with E-state index in [4.69, 9.17) is 4.42 Å². The van der Waals surface area contributed by atoms with E-state index in [1.54, 1.807) is 30.5 Å². The molecule has 0 saturated carbocycles. The van der Waals surface area contributed by atoms with Gasteiger partial charge in [-0.15, -0.1) is 0 Å². The van der Waals surface area contributed by atoms with Crippen molar-refractivity contribution in [2.75, 3.05) is 6.54 Å². The molecular formula is C15H16N2O3. The zero-order valence-corrected chi connectivity index (χ0v) is 11.2. The Balaban J connectivity index is 1.75. The van der Waals surface area contributed by atoms with Crippen molar-refractivity contribution in [3.63, 3.8) is 0 Å². The summed E-state index contributed by atoms with van der Waals surface area (Å²) >= 11 is 0. The maximum absolute atomic E-state index is 11.8. The third kappa shape index (κ3) is 3.98.